The van der Waals surface area contributed by atoms with Crippen LogP contribution in [-0.4, -0.2) is 9.81 Å². The average molecular weight is 285 g/mol. The van der Waals surface area contributed by atoms with Crippen LogP contribution in [0, 0.1) is 0 Å². The Balaban J connectivity index is 2.58. The summed E-state index contributed by atoms with van der Waals surface area (Å²) in [6, 6.07) is 0. The molecule has 0 aliphatic carbocycles. The fraction of sp³-hybridized carbons (Fsp3) is 0.500. The number of rotatable bonds is 2. The highest BCUT2D eigenvalue weighted by Crippen LogP contribution is 2.21. The minimum atomic E-state index is 0.519. The number of thiazole rings is 1. The minimum absolute atomic E-state index is 0.519. The van der Waals surface area contributed by atoms with Crippen LogP contribution >= 0.6 is 43.2 Å². The van der Waals surface area contributed by atoms with Crippen LogP contribution < -0.4 is 0 Å². The van der Waals surface area contributed by atoms with Gasteiger partial charge in [-0.2, -0.15) is 0 Å². The summed E-state index contributed by atoms with van der Waals surface area (Å²) in [5.74, 6) is 0. The van der Waals surface area contributed by atoms with Gasteiger partial charge in [0.15, 0.2) is 0 Å². The van der Waals surface area contributed by atoms with Crippen molar-refractivity contribution < 1.29 is 0 Å². The van der Waals surface area contributed by atoms with Crippen LogP contribution in [-0.2, 0) is 6.42 Å². The Kier molecular flexibility index (Phi) is 3.33. The number of hydrogen-bond acceptors (Lipinski definition) is 2. The smallest absolute Gasteiger partial charge is 0.0947 e. The van der Waals surface area contributed by atoms with E-state index in [1.165, 1.54) is 5.01 Å². The predicted octanol–water partition coefficient (Wildman–Crippen LogP) is 3.23. The fourth-order valence-electron chi connectivity index (χ4n) is 0.623. The van der Waals surface area contributed by atoms with E-state index in [1.807, 2.05) is 6.20 Å². The van der Waals surface area contributed by atoms with Crippen LogP contribution in [0.15, 0.2) is 9.98 Å². The molecule has 1 unspecified atom stereocenters. The highest BCUT2D eigenvalue weighted by molar-refractivity contribution is 9.11. The fourth-order valence-corrected chi connectivity index (χ4v) is 2.58. The Morgan fingerprint density at radius 2 is 2.50 bits per heavy atom. The first-order valence-electron chi connectivity index (χ1n) is 2.93. The molecule has 0 aliphatic heterocycles. The molecule has 0 amide bonds. The summed E-state index contributed by atoms with van der Waals surface area (Å²) in [7, 11) is 0. The molecule has 1 rings (SSSR count). The number of aromatic nitrogens is 1. The van der Waals surface area contributed by atoms with E-state index >= 15 is 0 Å². The van der Waals surface area contributed by atoms with Crippen molar-refractivity contribution in [1.29, 1.82) is 0 Å². The molecule has 0 spiro atoms. The normalized spacial score (nSPS) is 13.5. The van der Waals surface area contributed by atoms with Crippen LogP contribution in [0.4, 0.5) is 0 Å². The SMILES string of the molecule is CC(Br)Cc1ncc(Br)s1. The van der Waals surface area contributed by atoms with E-state index in [4.69, 9.17) is 0 Å². The van der Waals surface area contributed by atoms with Crippen molar-refractivity contribution in [3.8, 4) is 0 Å². The molecule has 1 atom stereocenters. The number of hydrogen-bond donors (Lipinski definition) is 0. The molecule has 1 heterocycles. The second kappa shape index (κ2) is 3.83. The molecule has 0 fully saturated rings. The third-order valence-corrected chi connectivity index (χ3v) is 2.80. The monoisotopic (exact) mass is 283 g/mol. The molecule has 10 heavy (non-hydrogen) atoms. The lowest BCUT2D eigenvalue weighted by Crippen LogP contribution is -1.94. The first-order valence-corrected chi connectivity index (χ1v) is 5.45. The van der Waals surface area contributed by atoms with Crippen LogP contribution in [0.2, 0.25) is 0 Å². The van der Waals surface area contributed by atoms with Crippen LogP contribution in [0.5, 0.6) is 0 Å². The first-order chi connectivity index (χ1) is 4.68. The maximum atomic E-state index is 4.20. The van der Waals surface area contributed by atoms with E-state index < -0.39 is 0 Å². The third-order valence-electron chi connectivity index (χ3n) is 0.981. The molecule has 56 valence electrons. The van der Waals surface area contributed by atoms with E-state index in [2.05, 4.69) is 43.8 Å². The highest BCUT2D eigenvalue weighted by Gasteiger charge is 2.02. The van der Waals surface area contributed by atoms with Crippen molar-refractivity contribution in [2.45, 2.75) is 18.2 Å². The summed E-state index contributed by atoms with van der Waals surface area (Å²) in [6.45, 7) is 2.12. The van der Waals surface area contributed by atoms with Gasteiger partial charge in [0, 0.05) is 11.2 Å². The zero-order chi connectivity index (χ0) is 7.56. The van der Waals surface area contributed by atoms with Gasteiger partial charge in [-0.3, -0.25) is 0 Å². The molecule has 0 aromatic carbocycles. The van der Waals surface area contributed by atoms with Crippen LogP contribution in [0.1, 0.15) is 11.9 Å². The Hall–Kier alpha value is 0.590. The topological polar surface area (TPSA) is 12.9 Å². The molecule has 0 saturated carbocycles. The van der Waals surface area contributed by atoms with Gasteiger partial charge in [0.2, 0.25) is 0 Å². The second-order valence-corrected chi connectivity index (χ2v) is 6.10. The maximum Gasteiger partial charge on any atom is 0.0947 e. The molecule has 4 heteroatoms. The molecule has 0 saturated heterocycles. The molecule has 0 radical (unpaired) electrons. The molecule has 1 nitrogen and oxygen atoms in total. The van der Waals surface area contributed by atoms with Gasteiger partial charge >= 0.3 is 0 Å². The van der Waals surface area contributed by atoms with Crippen LogP contribution in [0.3, 0.4) is 0 Å². The summed E-state index contributed by atoms with van der Waals surface area (Å²) in [5, 5.41) is 1.18. The molecular formula is C6H7Br2NS. The van der Waals surface area contributed by atoms with Gasteiger partial charge in [0.05, 0.1) is 15.0 Å². The largest absolute Gasteiger partial charge is 0.248 e. The van der Waals surface area contributed by atoms with E-state index in [0.717, 1.165) is 10.2 Å². The summed E-state index contributed by atoms with van der Waals surface area (Å²) >= 11 is 8.53. The van der Waals surface area contributed by atoms with Gasteiger partial charge in [0.1, 0.15) is 0 Å². The van der Waals surface area contributed by atoms with Gasteiger partial charge in [-0.05, 0) is 15.9 Å². The minimum Gasteiger partial charge on any atom is -0.248 e. The van der Waals surface area contributed by atoms with Gasteiger partial charge in [-0.1, -0.05) is 22.9 Å². The van der Waals surface area contributed by atoms with Gasteiger partial charge in [0.25, 0.3) is 0 Å². The molecule has 1 aromatic rings. The van der Waals surface area contributed by atoms with E-state index in [1.54, 1.807) is 11.3 Å². The Bertz CT molecular complexity index is 209. The second-order valence-electron chi connectivity index (χ2n) is 2.04. The molecular weight excluding hydrogens is 278 g/mol. The van der Waals surface area contributed by atoms with E-state index in [9.17, 15) is 0 Å². The first kappa shape index (κ1) is 8.68. The highest BCUT2D eigenvalue weighted by atomic mass is 79.9. The summed E-state index contributed by atoms with van der Waals surface area (Å²) < 4.78 is 1.11. The van der Waals surface area contributed by atoms with Gasteiger partial charge < -0.3 is 0 Å². The quantitative estimate of drug-likeness (QED) is 0.760. The predicted molar refractivity (Wildman–Crippen MR) is 51.9 cm³/mol. The average Bonchev–Trinajstić information content (AvgIpc) is 2.13. The van der Waals surface area contributed by atoms with E-state index in [0.29, 0.717) is 4.83 Å². The summed E-state index contributed by atoms with van der Waals surface area (Å²) in [6.07, 6.45) is 2.85. The maximum absolute atomic E-state index is 4.20. The summed E-state index contributed by atoms with van der Waals surface area (Å²) in [5.41, 5.74) is 0. The lowest BCUT2D eigenvalue weighted by atomic mass is 10.4. The van der Waals surface area contributed by atoms with Crippen molar-refractivity contribution in [1.82, 2.24) is 4.98 Å². The van der Waals surface area contributed by atoms with Gasteiger partial charge in [-0.15, -0.1) is 11.3 Å². The van der Waals surface area contributed by atoms with Crippen molar-refractivity contribution >= 4 is 43.2 Å². The van der Waals surface area contributed by atoms with E-state index in [-0.39, 0.29) is 0 Å². The molecule has 0 aliphatic rings. The molecule has 0 bridgehead atoms. The zero-order valence-electron chi connectivity index (χ0n) is 5.47. The molecule has 1 aromatic heterocycles. The Morgan fingerprint density at radius 3 is 2.90 bits per heavy atom. The summed E-state index contributed by atoms with van der Waals surface area (Å²) in [4.78, 5) is 4.72. The Morgan fingerprint density at radius 1 is 1.80 bits per heavy atom. The van der Waals surface area contributed by atoms with Crippen molar-refractivity contribution in [2.75, 3.05) is 0 Å². The lowest BCUT2D eigenvalue weighted by molar-refractivity contribution is 0.944. The Labute approximate surface area is 81.1 Å². The zero-order valence-corrected chi connectivity index (χ0v) is 9.46. The molecule has 0 N–H and O–H groups in total. The number of halogens is 2. The van der Waals surface area contributed by atoms with Crippen LogP contribution in [0.25, 0.3) is 0 Å². The number of alkyl halides is 1. The number of nitrogens with zero attached hydrogens (tertiary/aromatic N) is 1. The van der Waals surface area contributed by atoms with Crippen molar-refractivity contribution in [3.63, 3.8) is 0 Å². The lowest BCUT2D eigenvalue weighted by Gasteiger charge is -1.95. The standard InChI is InChI=1S/C6H7Br2NS/c1-4(7)2-6-9-3-5(8)10-6/h3-4H,2H2,1H3. The van der Waals surface area contributed by atoms with Crippen molar-refractivity contribution in [2.24, 2.45) is 0 Å². The third kappa shape index (κ3) is 2.68. The van der Waals surface area contributed by atoms with Crippen molar-refractivity contribution in [3.05, 3.63) is 15.0 Å². The van der Waals surface area contributed by atoms with Gasteiger partial charge in [-0.25, -0.2) is 4.98 Å².